The summed E-state index contributed by atoms with van der Waals surface area (Å²) in [4.78, 5) is 0. The molecule has 2 aromatic carbocycles. The van der Waals surface area contributed by atoms with Crippen LogP contribution in [0.15, 0.2) is 46.9 Å². The zero-order valence-electron chi connectivity index (χ0n) is 14.1. The van der Waals surface area contributed by atoms with Crippen molar-refractivity contribution in [1.82, 2.24) is 5.32 Å². The molecule has 0 atom stereocenters. The third-order valence-corrected chi connectivity index (χ3v) is 4.30. The van der Waals surface area contributed by atoms with E-state index in [1.165, 1.54) is 36.0 Å². The fourth-order valence-corrected chi connectivity index (χ4v) is 2.80. The first-order valence-electron chi connectivity index (χ1n) is 8.36. The molecule has 0 saturated carbocycles. The normalized spacial score (nSPS) is 10.7. The van der Waals surface area contributed by atoms with Gasteiger partial charge in [-0.3, -0.25) is 0 Å². The van der Waals surface area contributed by atoms with Gasteiger partial charge in [-0.2, -0.15) is 0 Å². The van der Waals surface area contributed by atoms with Gasteiger partial charge in [0.25, 0.3) is 0 Å². The smallest absolute Gasteiger partial charge is 0.124 e. The summed E-state index contributed by atoms with van der Waals surface area (Å²) in [5, 5.41) is 3.51. The maximum absolute atomic E-state index is 6.04. The Morgan fingerprint density at radius 2 is 1.83 bits per heavy atom. The van der Waals surface area contributed by atoms with Gasteiger partial charge in [-0.05, 0) is 43.7 Å². The molecule has 1 N–H and O–H groups in total. The number of hydrogen-bond donors (Lipinski definition) is 1. The summed E-state index contributed by atoms with van der Waals surface area (Å²) in [6, 6.07) is 14.7. The number of benzene rings is 2. The number of ether oxygens (including phenoxy) is 1. The summed E-state index contributed by atoms with van der Waals surface area (Å²) in [6.45, 7) is 6.82. The summed E-state index contributed by atoms with van der Waals surface area (Å²) >= 11 is 3.55. The summed E-state index contributed by atoms with van der Waals surface area (Å²) < 4.78 is 7.12. The molecule has 2 nitrogen and oxygen atoms in total. The van der Waals surface area contributed by atoms with Gasteiger partial charge in [0.05, 0.1) is 0 Å². The molecule has 0 spiro atoms. The number of nitrogens with one attached hydrogen (secondary N) is 1. The fourth-order valence-electron chi connectivity index (χ4n) is 2.40. The number of aryl methyl sites for hydroxylation is 1. The van der Waals surface area contributed by atoms with Crippen LogP contribution in [0, 0.1) is 6.92 Å². The second kappa shape index (κ2) is 9.74. The van der Waals surface area contributed by atoms with Gasteiger partial charge in [-0.15, -0.1) is 0 Å². The van der Waals surface area contributed by atoms with Crippen molar-refractivity contribution < 1.29 is 4.74 Å². The van der Waals surface area contributed by atoms with Gasteiger partial charge in [-0.25, -0.2) is 0 Å². The van der Waals surface area contributed by atoms with Gasteiger partial charge in [0.2, 0.25) is 0 Å². The predicted octanol–water partition coefficient (Wildman–Crippen LogP) is 5.62. The molecule has 0 radical (unpaired) electrons. The Bertz CT molecular complexity index is 595. The van der Waals surface area contributed by atoms with Crippen molar-refractivity contribution in [3.05, 3.63) is 63.6 Å². The molecule has 0 aliphatic carbocycles. The van der Waals surface area contributed by atoms with Gasteiger partial charge in [0.15, 0.2) is 0 Å². The van der Waals surface area contributed by atoms with Gasteiger partial charge in [0, 0.05) is 16.6 Å². The molecule has 0 amide bonds. The molecule has 124 valence electrons. The molecule has 2 aromatic rings. The van der Waals surface area contributed by atoms with Crippen LogP contribution >= 0.6 is 15.9 Å². The van der Waals surface area contributed by atoms with Crippen molar-refractivity contribution in [3.8, 4) is 5.75 Å². The molecule has 0 fully saturated rings. The molecule has 0 heterocycles. The van der Waals surface area contributed by atoms with Crippen LogP contribution in [0.2, 0.25) is 0 Å². The molecule has 0 saturated heterocycles. The lowest BCUT2D eigenvalue weighted by molar-refractivity contribution is 0.302. The molecule has 0 aliphatic heterocycles. The quantitative estimate of drug-likeness (QED) is 0.574. The highest BCUT2D eigenvalue weighted by molar-refractivity contribution is 9.10. The van der Waals surface area contributed by atoms with Gasteiger partial charge in [-0.1, -0.05) is 65.5 Å². The predicted molar refractivity (Wildman–Crippen MR) is 101 cm³/mol. The first kappa shape index (κ1) is 18.0. The van der Waals surface area contributed by atoms with Crippen LogP contribution in [-0.2, 0) is 13.2 Å². The van der Waals surface area contributed by atoms with Crippen LogP contribution in [0.3, 0.4) is 0 Å². The standard InChI is InChI=1S/C20H26BrNO/c1-3-4-5-12-22-14-18-13-19(21)10-11-20(18)23-15-17-8-6-16(2)7-9-17/h6-11,13,22H,3-5,12,14-15H2,1-2H3. The van der Waals surface area contributed by atoms with E-state index in [4.69, 9.17) is 4.74 Å². The third-order valence-electron chi connectivity index (χ3n) is 3.81. The lowest BCUT2D eigenvalue weighted by Gasteiger charge is -2.13. The van der Waals surface area contributed by atoms with Crippen molar-refractivity contribution in [2.24, 2.45) is 0 Å². The Hall–Kier alpha value is -1.32. The zero-order valence-corrected chi connectivity index (χ0v) is 15.7. The number of unbranched alkanes of at least 4 members (excludes halogenated alkanes) is 2. The summed E-state index contributed by atoms with van der Waals surface area (Å²) in [5.74, 6) is 0.955. The largest absolute Gasteiger partial charge is 0.489 e. The molecule has 0 aliphatic rings. The van der Waals surface area contributed by atoms with Crippen LogP contribution in [-0.4, -0.2) is 6.54 Å². The molecule has 23 heavy (non-hydrogen) atoms. The summed E-state index contributed by atoms with van der Waals surface area (Å²) in [6.07, 6.45) is 3.76. The van der Waals surface area contributed by atoms with Crippen LogP contribution in [0.1, 0.15) is 42.9 Å². The first-order chi connectivity index (χ1) is 11.2. The first-order valence-corrected chi connectivity index (χ1v) is 9.16. The average Bonchev–Trinajstić information content (AvgIpc) is 2.55. The lowest BCUT2D eigenvalue weighted by Crippen LogP contribution is -2.15. The van der Waals surface area contributed by atoms with Crippen LogP contribution in [0.4, 0.5) is 0 Å². The molecule has 0 bridgehead atoms. The molecule has 0 unspecified atom stereocenters. The van der Waals surface area contributed by atoms with Gasteiger partial charge < -0.3 is 10.1 Å². The Kier molecular flexibility index (Phi) is 7.63. The molecule has 0 aromatic heterocycles. The zero-order chi connectivity index (χ0) is 16.5. The monoisotopic (exact) mass is 375 g/mol. The average molecular weight is 376 g/mol. The summed E-state index contributed by atoms with van der Waals surface area (Å²) in [5.41, 5.74) is 3.66. The van der Waals surface area contributed by atoms with E-state index in [1.54, 1.807) is 0 Å². The van der Waals surface area contributed by atoms with E-state index in [9.17, 15) is 0 Å². The van der Waals surface area contributed by atoms with Crippen LogP contribution < -0.4 is 10.1 Å². The Balaban J connectivity index is 1.93. The van der Waals surface area contributed by atoms with Crippen molar-refractivity contribution in [2.45, 2.75) is 46.3 Å². The second-order valence-corrected chi connectivity index (χ2v) is 6.83. The maximum Gasteiger partial charge on any atom is 0.124 e. The minimum Gasteiger partial charge on any atom is -0.489 e. The van der Waals surface area contributed by atoms with Crippen LogP contribution in [0.25, 0.3) is 0 Å². The topological polar surface area (TPSA) is 21.3 Å². The number of hydrogen-bond acceptors (Lipinski definition) is 2. The number of halogens is 1. The van der Waals surface area contributed by atoms with Gasteiger partial charge >= 0.3 is 0 Å². The Morgan fingerprint density at radius 3 is 2.57 bits per heavy atom. The minimum absolute atomic E-state index is 0.602. The van der Waals surface area contributed by atoms with E-state index < -0.39 is 0 Å². The van der Waals surface area contributed by atoms with Crippen LogP contribution in [0.5, 0.6) is 5.75 Å². The van der Waals surface area contributed by atoms with E-state index in [1.807, 2.05) is 12.1 Å². The maximum atomic E-state index is 6.04. The Morgan fingerprint density at radius 1 is 1.04 bits per heavy atom. The highest BCUT2D eigenvalue weighted by Crippen LogP contribution is 2.24. The minimum atomic E-state index is 0.602. The molecule has 3 heteroatoms. The second-order valence-electron chi connectivity index (χ2n) is 5.91. The van der Waals surface area contributed by atoms with E-state index >= 15 is 0 Å². The number of rotatable bonds is 9. The van der Waals surface area contributed by atoms with Crippen molar-refractivity contribution >= 4 is 15.9 Å². The van der Waals surface area contributed by atoms with Crippen molar-refractivity contribution in [1.29, 1.82) is 0 Å². The van der Waals surface area contributed by atoms with E-state index in [0.717, 1.165) is 23.3 Å². The lowest BCUT2D eigenvalue weighted by atomic mass is 10.1. The molecule has 2 rings (SSSR count). The van der Waals surface area contributed by atoms with Crippen molar-refractivity contribution in [3.63, 3.8) is 0 Å². The van der Waals surface area contributed by atoms with E-state index in [-0.39, 0.29) is 0 Å². The van der Waals surface area contributed by atoms with Gasteiger partial charge in [0.1, 0.15) is 12.4 Å². The molecular formula is C20H26BrNO. The summed E-state index contributed by atoms with van der Waals surface area (Å²) in [7, 11) is 0. The SMILES string of the molecule is CCCCCNCc1cc(Br)ccc1OCc1ccc(C)cc1. The van der Waals surface area contributed by atoms with Crippen molar-refractivity contribution in [2.75, 3.05) is 6.54 Å². The highest BCUT2D eigenvalue weighted by Gasteiger charge is 2.05. The highest BCUT2D eigenvalue weighted by atomic mass is 79.9. The third kappa shape index (κ3) is 6.36. The fraction of sp³-hybridized carbons (Fsp3) is 0.400. The molecular weight excluding hydrogens is 350 g/mol. The van der Waals surface area contributed by atoms with E-state index in [2.05, 4.69) is 65.4 Å². The van der Waals surface area contributed by atoms with E-state index in [0.29, 0.717) is 6.61 Å². The Labute approximate surface area is 148 Å².